The first-order chi connectivity index (χ1) is 13.9. The Morgan fingerprint density at radius 1 is 1.23 bits per heavy atom. The van der Waals surface area contributed by atoms with Crippen LogP contribution in [-0.2, 0) is 21.0 Å². The van der Waals surface area contributed by atoms with E-state index in [0.29, 0.717) is 45.1 Å². The van der Waals surface area contributed by atoms with Gasteiger partial charge in [0, 0.05) is 52.0 Å². The van der Waals surface area contributed by atoms with Gasteiger partial charge in [-0.05, 0) is 43.0 Å². The summed E-state index contributed by atoms with van der Waals surface area (Å²) in [4.78, 5) is 4.22. The second-order valence-electron chi connectivity index (χ2n) is 7.29. The molecule has 2 N–H and O–H groups in total. The van der Waals surface area contributed by atoms with Crippen LogP contribution in [0.5, 0.6) is 0 Å². The molecule has 0 amide bonds. The molecule has 3 rings (SSSR count). The average Bonchev–Trinajstić information content (AvgIpc) is 3.26. The van der Waals surface area contributed by atoms with Gasteiger partial charge in [-0.3, -0.25) is 4.99 Å². The summed E-state index contributed by atoms with van der Waals surface area (Å²) in [6, 6.07) is 10.1. The van der Waals surface area contributed by atoms with Crippen molar-refractivity contribution in [3.63, 3.8) is 0 Å². The van der Waals surface area contributed by atoms with Crippen molar-refractivity contribution in [2.45, 2.75) is 24.0 Å². The quantitative estimate of drug-likeness (QED) is 0.312. The van der Waals surface area contributed by atoms with Gasteiger partial charge >= 0.3 is 0 Å². The third-order valence-corrected chi connectivity index (χ3v) is 7.53. The number of nitrogens with one attached hydrogen (secondary N) is 2. The number of aliphatic imine (C=N–C) groups is 1. The number of halogens is 1. The van der Waals surface area contributed by atoms with E-state index in [4.69, 9.17) is 4.74 Å². The summed E-state index contributed by atoms with van der Waals surface area (Å²) in [7, 11) is -1.52. The van der Waals surface area contributed by atoms with Crippen molar-refractivity contribution in [2.24, 2.45) is 4.99 Å². The van der Waals surface area contributed by atoms with Gasteiger partial charge in [0.15, 0.2) is 15.8 Å². The number of hydrogen-bond donors (Lipinski definition) is 2. The second kappa shape index (κ2) is 11.1. The molecule has 0 bridgehead atoms. The van der Waals surface area contributed by atoms with Crippen LogP contribution in [0, 0.1) is 0 Å². The van der Waals surface area contributed by atoms with Crippen molar-refractivity contribution >= 4 is 39.8 Å². The summed E-state index contributed by atoms with van der Waals surface area (Å²) >= 11 is 0. The van der Waals surface area contributed by atoms with Crippen LogP contribution in [0.25, 0.3) is 5.69 Å². The van der Waals surface area contributed by atoms with Gasteiger partial charge < -0.3 is 15.4 Å². The van der Waals surface area contributed by atoms with Crippen LogP contribution in [-0.4, -0.2) is 68.5 Å². The van der Waals surface area contributed by atoms with E-state index in [2.05, 4.69) is 32.9 Å². The molecule has 1 aromatic carbocycles. The van der Waals surface area contributed by atoms with Crippen LogP contribution in [0.2, 0.25) is 0 Å². The minimum Gasteiger partial charge on any atom is -0.381 e. The Kier molecular flexibility index (Phi) is 9.10. The SMILES string of the molecule is CN=C(NCCc1ccc(-n2cccn2)cc1)NCC1(S(C)(=O)=O)CCOCC1.I. The van der Waals surface area contributed by atoms with Gasteiger partial charge in [0.1, 0.15) is 0 Å². The molecule has 2 heterocycles. The zero-order valence-electron chi connectivity index (χ0n) is 17.4. The average molecular weight is 547 g/mol. The summed E-state index contributed by atoms with van der Waals surface area (Å²) in [6.45, 7) is 1.95. The highest BCUT2D eigenvalue weighted by atomic mass is 127. The van der Waals surface area contributed by atoms with E-state index in [1.54, 1.807) is 13.2 Å². The summed E-state index contributed by atoms with van der Waals surface area (Å²) in [5, 5.41) is 10.7. The minimum atomic E-state index is -3.21. The number of benzene rings is 1. The molecule has 166 valence electrons. The Hall–Kier alpha value is -1.66. The van der Waals surface area contributed by atoms with Crippen molar-refractivity contribution in [2.75, 3.05) is 39.6 Å². The number of nitrogens with zero attached hydrogens (tertiary/aromatic N) is 3. The Morgan fingerprint density at radius 3 is 2.50 bits per heavy atom. The van der Waals surface area contributed by atoms with E-state index in [1.165, 1.54) is 11.8 Å². The summed E-state index contributed by atoms with van der Waals surface area (Å²) in [5.74, 6) is 0.604. The fourth-order valence-corrected chi connectivity index (χ4v) is 4.69. The van der Waals surface area contributed by atoms with Crippen LogP contribution < -0.4 is 10.6 Å². The van der Waals surface area contributed by atoms with E-state index in [1.807, 2.05) is 29.1 Å². The monoisotopic (exact) mass is 547 g/mol. The molecule has 1 aromatic heterocycles. The highest BCUT2D eigenvalue weighted by Gasteiger charge is 2.42. The molecule has 1 aliphatic heterocycles. The third kappa shape index (κ3) is 6.17. The molecule has 1 aliphatic rings. The lowest BCUT2D eigenvalue weighted by Crippen LogP contribution is -2.53. The Labute approximate surface area is 195 Å². The normalized spacial score (nSPS) is 16.5. The van der Waals surface area contributed by atoms with Gasteiger partial charge in [-0.1, -0.05) is 12.1 Å². The molecule has 0 spiro atoms. The molecule has 0 saturated carbocycles. The highest BCUT2D eigenvalue weighted by Crippen LogP contribution is 2.28. The van der Waals surface area contributed by atoms with Gasteiger partial charge in [-0.15, -0.1) is 24.0 Å². The molecular formula is C20H30IN5O3S. The van der Waals surface area contributed by atoms with Crippen molar-refractivity contribution in [1.82, 2.24) is 20.4 Å². The van der Waals surface area contributed by atoms with Crippen molar-refractivity contribution in [3.8, 4) is 5.69 Å². The standard InChI is InChI=1S/C20H29N5O3S.HI/c1-21-19(23-16-20(29(2,26)27)9-14-28-15-10-20)22-12-8-17-4-6-18(7-5-17)25-13-3-11-24-25;/h3-7,11,13H,8-10,12,14-16H2,1-2H3,(H2,21,22,23);1H. The lowest BCUT2D eigenvalue weighted by atomic mass is 9.99. The maximum Gasteiger partial charge on any atom is 0.191 e. The number of rotatable bonds is 7. The Bertz CT molecular complexity index is 908. The second-order valence-corrected chi connectivity index (χ2v) is 9.70. The predicted molar refractivity (Wildman–Crippen MR) is 130 cm³/mol. The zero-order chi connectivity index (χ0) is 20.7. The number of ether oxygens (including phenoxy) is 1. The molecule has 0 aliphatic carbocycles. The van der Waals surface area contributed by atoms with E-state index in [0.717, 1.165) is 12.1 Å². The molecule has 0 radical (unpaired) electrons. The van der Waals surface area contributed by atoms with E-state index in [-0.39, 0.29) is 24.0 Å². The van der Waals surface area contributed by atoms with Gasteiger partial charge in [0.25, 0.3) is 0 Å². The summed E-state index contributed by atoms with van der Waals surface area (Å²) < 4.78 is 31.1. The van der Waals surface area contributed by atoms with Gasteiger partial charge in [-0.2, -0.15) is 5.10 Å². The molecule has 30 heavy (non-hydrogen) atoms. The van der Waals surface area contributed by atoms with Crippen LogP contribution in [0.3, 0.4) is 0 Å². The molecular weight excluding hydrogens is 517 g/mol. The first-order valence-corrected chi connectivity index (χ1v) is 11.6. The predicted octanol–water partition coefficient (Wildman–Crippen LogP) is 1.79. The van der Waals surface area contributed by atoms with Crippen LogP contribution in [0.1, 0.15) is 18.4 Å². The number of hydrogen-bond acceptors (Lipinski definition) is 5. The maximum absolute atomic E-state index is 12.4. The summed E-state index contributed by atoms with van der Waals surface area (Å²) in [5.41, 5.74) is 2.22. The third-order valence-electron chi connectivity index (χ3n) is 5.40. The summed E-state index contributed by atoms with van der Waals surface area (Å²) in [6.07, 6.45) is 6.80. The highest BCUT2D eigenvalue weighted by molar-refractivity contribution is 14.0. The van der Waals surface area contributed by atoms with Crippen LogP contribution in [0.15, 0.2) is 47.7 Å². The molecule has 2 aromatic rings. The molecule has 8 nitrogen and oxygen atoms in total. The number of guanidine groups is 1. The van der Waals surface area contributed by atoms with E-state index < -0.39 is 14.6 Å². The molecule has 1 saturated heterocycles. The van der Waals surface area contributed by atoms with Crippen LogP contribution >= 0.6 is 24.0 Å². The topological polar surface area (TPSA) is 97.6 Å². The molecule has 10 heteroatoms. The van der Waals surface area contributed by atoms with Crippen LogP contribution in [0.4, 0.5) is 0 Å². The Morgan fingerprint density at radius 2 is 1.93 bits per heavy atom. The largest absolute Gasteiger partial charge is 0.381 e. The number of aromatic nitrogens is 2. The molecule has 1 fully saturated rings. The number of sulfone groups is 1. The van der Waals surface area contributed by atoms with Crippen molar-refractivity contribution in [3.05, 3.63) is 48.3 Å². The van der Waals surface area contributed by atoms with E-state index in [9.17, 15) is 8.42 Å². The van der Waals surface area contributed by atoms with E-state index >= 15 is 0 Å². The molecule has 0 atom stereocenters. The fraction of sp³-hybridized carbons (Fsp3) is 0.500. The minimum absolute atomic E-state index is 0. The maximum atomic E-state index is 12.4. The Balaban J connectivity index is 0.00000320. The first kappa shape index (κ1) is 24.6. The lowest BCUT2D eigenvalue weighted by molar-refractivity contribution is 0.0756. The zero-order valence-corrected chi connectivity index (χ0v) is 20.5. The molecule has 0 unspecified atom stereocenters. The smallest absolute Gasteiger partial charge is 0.191 e. The van der Waals surface area contributed by atoms with Gasteiger partial charge in [0.05, 0.1) is 10.4 Å². The van der Waals surface area contributed by atoms with Gasteiger partial charge in [-0.25, -0.2) is 13.1 Å². The lowest BCUT2D eigenvalue weighted by Gasteiger charge is -2.35. The van der Waals surface area contributed by atoms with Gasteiger partial charge in [0.2, 0.25) is 0 Å². The first-order valence-electron chi connectivity index (χ1n) is 9.74. The fourth-order valence-electron chi connectivity index (χ4n) is 3.45. The van der Waals surface area contributed by atoms with Crippen molar-refractivity contribution < 1.29 is 13.2 Å². The van der Waals surface area contributed by atoms with Crippen molar-refractivity contribution in [1.29, 1.82) is 0 Å².